The van der Waals surface area contributed by atoms with Gasteiger partial charge >= 0.3 is 0 Å². The van der Waals surface area contributed by atoms with Crippen LogP contribution in [0, 0.1) is 5.92 Å². The van der Waals surface area contributed by atoms with Crippen molar-refractivity contribution in [3.63, 3.8) is 0 Å². The molecule has 1 aromatic rings. The number of carbonyl (C=O) groups excluding carboxylic acids is 1. The number of ether oxygens (including phenoxy) is 1. The van der Waals surface area contributed by atoms with Crippen molar-refractivity contribution in [1.29, 1.82) is 0 Å². The van der Waals surface area contributed by atoms with Crippen molar-refractivity contribution in [1.82, 2.24) is 5.32 Å². The number of benzene rings is 1. The molecule has 1 unspecified atom stereocenters. The van der Waals surface area contributed by atoms with Gasteiger partial charge < -0.3 is 20.9 Å². The van der Waals surface area contributed by atoms with E-state index in [0.717, 1.165) is 0 Å². The van der Waals surface area contributed by atoms with Crippen LogP contribution in [0.1, 0.15) is 17.3 Å². The maximum atomic E-state index is 11.8. The van der Waals surface area contributed by atoms with Crippen LogP contribution >= 0.6 is 0 Å². The number of amides is 1. The molecular formula is C12H18N2O3. The summed E-state index contributed by atoms with van der Waals surface area (Å²) in [6.45, 7) is 2.33. The number of nitrogen functional groups attached to an aromatic ring is 1. The first-order chi connectivity index (χ1) is 8.08. The lowest BCUT2D eigenvalue weighted by molar-refractivity contribution is 0.0942. The van der Waals surface area contributed by atoms with Crippen LogP contribution in [0.4, 0.5) is 5.69 Å². The largest absolute Gasteiger partial charge is 0.495 e. The number of hydrogen-bond acceptors (Lipinski definition) is 4. The first-order valence-electron chi connectivity index (χ1n) is 5.41. The Morgan fingerprint density at radius 3 is 2.88 bits per heavy atom. The zero-order valence-corrected chi connectivity index (χ0v) is 10.1. The average molecular weight is 238 g/mol. The molecule has 0 aromatic heterocycles. The van der Waals surface area contributed by atoms with E-state index < -0.39 is 0 Å². The number of carbonyl (C=O) groups is 1. The van der Waals surface area contributed by atoms with E-state index >= 15 is 0 Å². The molecule has 4 N–H and O–H groups in total. The van der Waals surface area contributed by atoms with Crippen LogP contribution in [0.3, 0.4) is 0 Å². The summed E-state index contributed by atoms with van der Waals surface area (Å²) >= 11 is 0. The second-order valence-electron chi connectivity index (χ2n) is 3.95. The monoisotopic (exact) mass is 238 g/mol. The minimum Gasteiger partial charge on any atom is -0.495 e. The predicted octanol–water partition coefficient (Wildman–Crippen LogP) is 0.636. The van der Waals surface area contributed by atoms with Gasteiger partial charge in [0.05, 0.1) is 12.8 Å². The number of hydrogen-bond donors (Lipinski definition) is 3. The third-order valence-corrected chi connectivity index (χ3v) is 2.42. The summed E-state index contributed by atoms with van der Waals surface area (Å²) in [7, 11) is 1.50. The molecule has 0 aliphatic heterocycles. The van der Waals surface area contributed by atoms with Crippen LogP contribution < -0.4 is 15.8 Å². The third-order valence-electron chi connectivity index (χ3n) is 2.42. The highest BCUT2D eigenvalue weighted by molar-refractivity contribution is 5.95. The molecule has 0 bridgehead atoms. The molecule has 0 saturated heterocycles. The number of aliphatic hydroxyl groups is 1. The fourth-order valence-corrected chi connectivity index (χ4v) is 1.29. The van der Waals surface area contributed by atoms with E-state index in [1.165, 1.54) is 7.11 Å². The number of nitrogens with one attached hydrogen (secondary N) is 1. The van der Waals surface area contributed by atoms with Crippen molar-refractivity contribution in [3.8, 4) is 5.75 Å². The number of aliphatic hydroxyl groups excluding tert-OH is 1. The van der Waals surface area contributed by atoms with E-state index in [-0.39, 0.29) is 18.4 Å². The molecule has 0 heterocycles. The molecule has 0 fully saturated rings. The number of nitrogens with two attached hydrogens (primary N) is 1. The third kappa shape index (κ3) is 3.64. The van der Waals surface area contributed by atoms with E-state index in [4.69, 9.17) is 15.6 Å². The molecule has 0 radical (unpaired) electrons. The lowest BCUT2D eigenvalue weighted by Crippen LogP contribution is -2.29. The molecule has 1 amide bonds. The van der Waals surface area contributed by atoms with Gasteiger partial charge in [-0.25, -0.2) is 0 Å². The summed E-state index contributed by atoms with van der Waals surface area (Å²) in [6.07, 6.45) is 0. The first-order valence-corrected chi connectivity index (χ1v) is 5.41. The second kappa shape index (κ2) is 6.10. The van der Waals surface area contributed by atoms with Gasteiger partial charge in [-0.3, -0.25) is 4.79 Å². The predicted molar refractivity (Wildman–Crippen MR) is 66.0 cm³/mol. The van der Waals surface area contributed by atoms with Crippen LogP contribution in [0.15, 0.2) is 18.2 Å². The summed E-state index contributed by atoms with van der Waals surface area (Å²) < 4.78 is 5.04. The number of rotatable bonds is 5. The van der Waals surface area contributed by atoms with Crippen molar-refractivity contribution in [2.75, 3.05) is 26.0 Å². The highest BCUT2D eigenvalue weighted by Gasteiger charge is 2.09. The minimum atomic E-state index is -0.205. The molecule has 1 atom stereocenters. The molecule has 5 heteroatoms. The van der Waals surface area contributed by atoms with Crippen molar-refractivity contribution in [3.05, 3.63) is 23.8 Å². The first kappa shape index (κ1) is 13.3. The Kier molecular flexibility index (Phi) is 4.78. The fourth-order valence-electron chi connectivity index (χ4n) is 1.29. The van der Waals surface area contributed by atoms with Gasteiger partial charge in [-0.2, -0.15) is 0 Å². The normalized spacial score (nSPS) is 11.9. The van der Waals surface area contributed by atoms with Crippen LogP contribution in [0.25, 0.3) is 0 Å². The van der Waals surface area contributed by atoms with E-state index in [2.05, 4.69) is 5.32 Å². The Labute approximate surface area is 101 Å². The molecule has 1 rings (SSSR count). The summed E-state index contributed by atoms with van der Waals surface area (Å²) in [5.41, 5.74) is 6.63. The smallest absolute Gasteiger partial charge is 0.251 e. The Morgan fingerprint density at radius 1 is 1.59 bits per heavy atom. The Hall–Kier alpha value is -1.75. The summed E-state index contributed by atoms with van der Waals surface area (Å²) in [5, 5.41) is 11.6. The molecule has 0 aliphatic rings. The van der Waals surface area contributed by atoms with Crippen LogP contribution in [0.5, 0.6) is 5.75 Å². The summed E-state index contributed by atoms with van der Waals surface area (Å²) in [4.78, 5) is 11.8. The van der Waals surface area contributed by atoms with E-state index in [9.17, 15) is 4.79 Å². The van der Waals surface area contributed by atoms with E-state index in [0.29, 0.717) is 23.5 Å². The average Bonchev–Trinajstić information content (AvgIpc) is 2.35. The van der Waals surface area contributed by atoms with Gasteiger partial charge in [-0.1, -0.05) is 6.92 Å². The maximum absolute atomic E-state index is 11.8. The SMILES string of the molecule is COc1cc(C(=O)NCC(C)CO)ccc1N. The molecule has 5 nitrogen and oxygen atoms in total. The topological polar surface area (TPSA) is 84.6 Å². The lowest BCUT2D eigenvalue weighted by atomic mass is 10.1. The highest BCUT2D eigenvalue weighted by atomic mass is 16.5. The zero-order chi connectivity index (χ0) is 12.8. The van der Waals surface area contributed by atoms with E-state index in [1.54, 1.807) is 18.2 Å². The Morgan fingerprint density at radius 2 is 2.29 bits per heavy atom. The van der Waals surface area contributed by atoms with E-state index in [1.807, 2.05) is 6.92 Å². The van der Waals surface area contributed by atoms with Crippen LogP contribution in [-0.2, 0) is 0 Å². The zero-order valence-electron chi connectivity index (χ0n) is 10.1. The molecule has 1 aromatic carbocycles. The van der Waals surface area contributed by atoms with Crippen molar-refractivity contribution < 1.29 is 14.6 Å². The molecule has 0 aliphatic carbocycles. The quantitative estimate of drug-likeness (QED) is 0.657. The second-order valence-corrected chi connectivity index (χ2v) is 3.95. The van der Waals surface area contributed by atoms with Crippen LogP contribution in [0.2, 0.25) is 0 Å². The standard InChI is InChI=1S/C12H18N2O3/c1-8(7-15)6-14-12(16)9-3-4-10(13)11(5-9)17-2/h3-5,8,15H,6-7,13H2,1-2H3,(H,14,16). The summed E-state index contributed by atoms with van der Waals surface area (Å²) in [6, 6.07) is 4.86. The fraction of sp³-hybridized carbons (Fsp3) is 0.417. The van der Waals surface area contributed by atoms with Gasteiger partial charge in [-0.05, 0) is 24.1 Å². The van der Waals surface area contributed by atoms with Gasteiger partial charge in [0.1, 0.15) is 5.75 Å². The molecule has 94 valence electrons. The van der Waals surface area contributed by atoms with Crippen LogP contribution in [-0.4, -0.2) is 31.3 Å². The molecular weight excluding hydrogens is 220 g/mol. The highest BCUT2D eigenvalue weighted by Crippen LogP contribution is 2.21. The van der Waals surface area contributed by atoms with Gasteiger partial charge in [-0.15, -0.1) is 0 Å². The van der Waals surface area contributed by atoms with Gasteiger partial charge in [0.15, 0.2) is 0 Å². The molecule has 17 heavy (non-hydrogen) atoms. The number of anilines is 1. The van der Waals surface area contributed by atoms with Gasteiger partial charge in [0.2, 0.25) is 0 Å². The Bertz CT molecular complexity index is 393. The Balaban J connectivity index is 2.69. The minimum absolute atomic E-state index is 0.0367. The van der Waals surface area contributed by atoms with Crippen molar-refractivity contribution >= 4 is 11.6 Å². The van der Waals surface area contributed by atoms with Gasteiger partial charge in [0, 0.05) is 18.7 Å². The molecule has 0 spiro atoms. The molecule has 0 saturated carbocycles. The summed E-state index contributed by atoms with van der Waals surface area (Å²) in [5.74, 6) is 0.311. The van der Waals surface area contributed by atoms with Crippen molar-refractivity contribution in [2.45, 2.75) is 6.92 Å². The van der Waals surface area contributed by atoms with Crippen molar-refractivity contribution in [2.24, 2.45) is 5.92 Å². The number of methoxy groups -OCH3 is 1. The maximum Gasteiger partial charge on any atom is 0.251 e. The van der Waals surface area contributed by atoms with Gasteiger partial charge in [0.25, 0.3) is 5.91 Å². The lowest BCUT2D eigenvalue weighted by Gasteiger charge is -2.11.